The predicted octanol–water partition coefficient (Wildman–Crippen LogP) is 5.44. The molecular weight excluding hydrogens is 458 g/mol. The van der Waals surface area contributed by atoms with Crippen LogP contribution in [0.5, 0.6) is 11.5 Å². The maximum absolute atomic E-state index is 13.4. The first-order valence-corrected chi connectivity index (χ1v) is 13.1. The molecular formula is C24H29N3O4S2. The summed E-state index contributed by atoms with van der Waals surface area (Å²) in [6.07, 6.45) is 3.93. The molecule has 176 valence electrons. The number of nitrogens with one attached hydrogen (secondary N) is 1. The van der Waals surface area contributed by atoms with Crippen LogP contribution in [0.4, 0.5) is 17.1 Å². The van der Waals surface area contributed by atoms with Gasteiger partial charge in [-0.1, -0.05) is 27.7 Å². The van der Waals surface area contributed by atoms with Crippen LogP contribution in [0.3, 0.4) is 0 Å². The average molecular weight is 488 g/mol. The monoisotopic (exact) mass is 487 g/mol. The van der Waals surface area contributed by atoms with Crippen molar-refractivity contribution in [1.82, 2.24) is 0 Å². The Bertz CT molecular complexity index is 1070. The van der Waals surface area contributed by atoms with Crippen LogP contribution in [-0.2, 0) is 11.2 Å². The number of rotatable bonds is 9. The van der Waals surface area contributed by atoms with Crippen LogP contribution in [0.2, 0.25) is 0 Å². The topological polar surface area (TPSA) is 91.2 Å². The van der Waals surface area contributed by atoms with Gasteiger partial charge in [-0.2, -0.15) is 0 Å². The highest BCUT2D eigenvalue weighted by Gasteiger charge is 2.28. The van der Waals surface area contributed by atoms with Gasteiger partial charge in [0, 0.05) is 35.2 Å². The van der Waals surface area contributed by atoms with Crippen molar-refractivity contribution in [1.29, 1.82) is 0 Å². The van der Waals surface area contributed by atoms with Gasteiger partial charge in [0.15, 0.2) is 11.5 Å². The number of aliphatic imine (C=N–C) groups is 1. The van der Waals surface area contributed by atoms with Crippen LogP contribution in [0.15, 0.2) is 35.3 Å². The second kappa shape index (κ2) is 10.5. The lowest BCUT2D eigenvalue weighted by Gasteiger charge is -2.22. The van der Waals surface area contributed by atoms with Gasteiger partial charge in [0.25, 0.3) is 5.91 Å². The molecule has 0 bridgehead atoms. The van der Waals surface area contributed by atoms with E-state index in [1.54, 1.807) is 26.5 Å². The Labute approximate surface area is 202 Å². The van der Waals surface area contributed by atoms with E-state index in [2.05, 4.69) is 30.9 Å². The number of aromatic hydroxyl groups is 1. The summed E-state index contributed by atoms with van der Waals surface area (Å²) in [7, 11) is 4.88. The van der Waals surface area contributed by atoms with Crippen molar-refractivity contribution in [2.75, 3.05) is 30.1 Å². The molecule has 0 aromatic heterocycles. The maximum Gasteiger partial charge on any atom is 0.260 e. The van der Waals surface area contributed by atoms with E-state index in [4.69, 9.17) is 4.74 Å². The zero-order valence-corrected chi connectivity index (χ0v) is 20.9. The number of carbonyl (C=O) groups excluding carboxylic acids is 2. The minimum Gasteiger partial charge on any atom is -0.504 e. The van der Waals surface area contributed by atoms with Crippen molar-refractivity contribution < 1.29 is 19.4 Å². The maximum atomic E-state index is 13.4. The summed E-state index contributed by atoms with van der Waals surface area (Å²) in [5.74, 6) is -0.244. The number of phenols is 1. The molecule has 0 aliphatic carbocycles. The van der Waals surface area contributed by atoms with Gasteiger partial charge >= 0.3 is 0 Å². The summed E-state index contributed by atoms with van der Waals surface area (Å²) in [6.45, 7) is 8.28. The number of nitrogens with zero attached hydrogens (tertiary/aromatic N) is 2. The highest BCUT2D eigenvalue weighted by molar-refractivity contribution is 8.76. The molecule has 0 spiro atoms. The minimum atomic E-state index is -0.270. The second-order valence-electron chi connectivity index (χ2n) is 8.31. The zero-order chi connectivity index (χ0) is 24.2. The summed E-state index contributed by atoms with van der Waals surface area (Å²) in [6, 6.07) is 8.48. The van der Waals surface area contributed by atoms with Crippen LogP contribution >= 0.6 is 21.6 Å². The van der Waals surface area contributed by atoms with Gasteiger partial charge in [-0.3, -0.25) is 14.6 Å². The van der Waals surface area contributed by atoms with Crippen LogP contribution in [0.1, 0.15) is 42.6 Å². The number of hydrogen-bond acceptors (Lipinski definition) is 7. The van der Waals surface area contributed by atoms with Crippen molar-refractivity contribution in [2.24, 2.45) is 4.99 Å². The molecule has 1 aliphatic heterocycles. The van der Waals surface area contributed by atoms with Gasteiger partial charge in [0.2, 0.25) is 5.91 Å². The van der Waals surface area contributed by atoms with Gasteiger partial charge < -0.3 is 20.1 Å². The Morgan fingerprint density at radius 3 is 2.73 bits per heavy atom. The third-order valence-electron chi connectivity index (χ3n) is 5.47. The van der Waals surface area contributed by atoms with Gasteiger partial charge in [-0.15, -0.1) is 0 Å². The lowest BCUT2D eigenvalue weighted by atomic mass is 10.1. The van der Waals surface area contributed by atoms with Gasteiger partial charge in [0.1, 0.15) is 0 Å². The first-order valence-electron chi connectivity index (χ1n) is 10.5. The van der Waals surface area contributed by atoms with Crippen LogP contribution in [0, 0.1) is 0 Å². The average Bonchev–Trinajstić information content (AvgIpc) is 3.20. The van der Waals surface area contributed by atoms with Crippen molar-refractivity contribution in [3.63, 3.8) is 0 Å². The van der Waals surface area contributed by atoms with Crippen LogP contribution in [-0.4, -0.2) is 48.3 Å². The van der Waals surface area contributed by atoms with Crippen LogP contribution < -0.4 is 15.0 Å². The molecule has 2 amide bonds. The van der Waals surface area contributed by atoms with Crippen molar-refractivity contribution in [3.8, 4) is 11.5 Å². The highest BCUT2D eigenvalue weighted by atomic mass is 33.1. The number of phenolic OH excluding ortho intramolecular Hbond substituents is 1. The number of ether oxygens (including phenoxy) is 1. The lowest BCUT2D eigenvalue weighted by Crippen LogP contribution is -2.29. The van der Waals surface area contributed by atoms with Crippen LogP contribution in [0.25, 0.3) is 0 Å². The third kappa shape index (κ3) is 5.83. The molecule has 1 heterocycles. The van der Waals surface area contributed by atoms with E-state index in [1.807, 2.05) is 24.5 Å². The molecule has 0 saturated carbocycles. The molecule has 2 aromatic rings. The Hall–Kier alpha value is -2.65. The molecule has 0 atom stereocenters. The fourth-order valence-corrected chi connectivity index (χ4v) is 5.98. The van der Waals surface area contributed by atoms with E-state index < -0.39 is 0 Å². The SMILES string of the molecule is C=Nc1cc(O)c(OC)cc1C(=O)N1CCc2ccc(NC(=O)CCC(C)(C)SSC)cc21. The Morgan fingerprint density at radius 2 is 2.06 bits per heavy atom. The molecule has 9 heteroatoms. The first-order chi connectivity index (χ1) is 15.7. The van der Waals surface area contributed by atoms with E-state index >= 15 is 0 Å². The number of fused-ring (bicyclic) bond motifs is 1. The molecule has 0 radical (unpaired) electrons. The van der Waals surface area contributed by atoms with Gasteiger partial charge in [-0.25, -0.2) is 0 Å². The fraction of sp³-hybridized carbons (Fsp3) is 0.375. The molecule has 1 aliphatic rings. The summed E-state index contributed by atoms with van der Waals surface area (Å²) in [5, 5.41) is 13.0. The zero-order valence-electron chi connectivity index (χ0n) is 19.3. The molecule has 0 saturated heterocycles. The molecule has 0 fully saturated rings. The quantitative estimate of drug-likeness (QED) is 0.361. The van der Waals surface area contributed by atoms with E-state index in [-0.39, 0.29) is 39.3 Å². The summed E-state index contributed by atoms with van der Waals surface area (Å²) in [5.41, 5.74) is 2.99. The number of methoxy groups -OCH3 is 1. The van der Waals surface area contributed by atoms with Crippen molar-refractivity contribution in [2.45, 2.75) is 37.9 Å². The normalized spacial score (nSPS) is 12.9. The number of amides is 2. The Morgan fingerprint density at radius 1 is 1.30 bits per heavy atom. The smallest absolute Gasteiger partial charge is 0.260 e. The number of benzene rings is 2. The Kier molecular flexibility index (Phi) is 7.97. The highest BCUT2D eigenvalue weighted by Crippen LogP contribution is 2.39. The van der Waals surface area contributed by atoms with Gasteiger partial charge in [0.05, 0.1) is 18.4 Å². The predicted molar refractivity (Wildman–Crippen MR) is 139 cm³/mol. The molecule has 2 aromatic carbocycles. The van der Waals surface area contributed by atoms with E-state index in [0.717, 1.165) is 17.7 Å². The fourth-order valence-electron chi connectivity index (χ4n) is 3.74. The first kappa shape index (κ1) is 25.0. The molecule has 0 unspecified atom stereocenters. The summed E-state index contributed by atoms with van der Waals surface area (Å²) in [4.78, 5) is 31.5. The number of anilines is 2. The molecule has 2 N–H and O–H groups in total. The van der Waals surface area contributed by atoms with Gasteiger partial charge in [-0.05, 0) is 63.4 Å². The Balaban J connectivity index is 1.79. The number of hydrogen-bond donors (Lipinski definition) is 2. The number of carbonyl (C=O) groups is 2. The van der Waals surface area contributed by atoms with E-state index in [1.165, 1.54) is 19.2 Å². The van der Waals surface area contributed by atoms with E-state index in [9.17, 15) is 14.7 Å². The van der Waals surface area contributed by atoms with E-state index in [0.29, 0.717) is 25.1 Å². The lowest BCUT2D eigenvalue weighted by molar-refractivity contribution is -0.116. The summed E-state index contributed by atoms with van der Waals surface area (Å²) >= 11 is 0. The molecule has 7 nitrogen and oxygen atoms in total. The van der Waals surface area contributed by atoms with Crippen molar-refractivity contribution in [3.05, 3.63) is 41.5 Å². The third-order valence-corrected chi connectivity index (χ3v) is 8.15. The molecule has 33 heavy (non-hydrogen) atoms. The second-order valence-corrected chi connectivity index (χ2v) is 11.4. The molecule has 3 rings (SSSR count). The minimum absolute atomic E-state index is 0.0139. The standard InChI is InChI=1S/C24H29N3O4S2/c1-24(2,33-32-5)10-8-22(29)26-16-7-6-15-9-11-27(19(15)12-16)23(30)17-13-21(31-4)20(28)14-18(17)25-3/h6-7,12-14,28H,3,8-11H2,1-2,4-5H3,(H,26,29). The van der Waals surface area contributed by atoms with Crippen molar-refractivity contribution >= 4 is 57.2 Å². The largest absolute Gasteiger partial charge is 0.504 e. The summed E-state index contributed by atoms with van der Waals surface area (Å²) < 4.78 is 5.17.